The molecule has 0 aliphatic carbocycles. The second kappa shape index (κ2) is 7.83. The normalized spacial score (nSPS) is 17.0. The van der Waals surface area contributed by atoms with Crippen molar-refractivity contribution in [3.05, 3.63) is 65.2 Å². The Morgan fingerprint density at radius 2 is 1.57 bits per heavy atom. The number of hydrogen-bond donors (Lipinski definition) is 2. The summed E-state index contributed by atoms with van der Waals surface area (Å²) < 4.78 is 0. The predicted molar refractivity (Wildman–Crippen MR) is 103 cm³/mol. The number of hydrazone groups is 1. The molecule has 2 aromatic rings. The minimum absolute atomic E-state index is 0.336. The Bertz CT molecular complexity index is 965. The number of anilines is 1. The van der Waals surface area contributed by atoms with E-state index in [0.29, 0.717) is 11.3 Å². The zero-order valence-corrected chi connectivity index (χ0v) is 15.3. The first-order chi connectivity index (χ1) is 13.4. The molecule has 8 nitrogen and oxygen atoms in total. The van der Waals surface area contributed by atoms with Crippen molar-refractivity contribution < 1.29 is 19.2 Å². The van der Waals surface area contributed by atoms with Crippen LogP contribution in [0.1, 0.15) is 21.5 Å². The molecule has 1 saturated heterocycles. The van der Waals surface area contributed by atoms with Gasteiger partial charge in [0.25, 0.3) is 11.8 Å². The zero-order chi connectivity index (χ0) is 20.3. The number of imide groups is 2. The zero-order valence-electron chi connectivity index (χ0n) is 15.3. The third-order valence-electron chi connectivity index (χ3n) is 4.20. The molecule has 0 saturated carbocycles. The van der Waals surface area contributed by atoms with Gasteiger partial charge in [-0.25, -0.2) is 15.1 Å². The molecule has 0 unspecified atom stereocenters. The van der Waals surface area contributed by atoms with Gasteiger partial charge in [0, 0.05) is 11.8 Å². The summed E-state index contributed by atoms with van der Waals surface area (Å²) in [5.74, 6) is -3.36. The highest BCUT2D eigenvalue weighted by atomic mass is 16.2. The number of carbonyl (C=O) groups is 4. The van der Waals surface area contributed by atoms with Gasteiger partial charge < -0.3 is 0 Å². The lowest BCUT2D eigenvalue weighted by Gasteiger charge is -2.28. The largest absolute Gasteiger partial charge is 0.335 e. The molecule has 0 bridgehead atoms. The van der Waals surface area contributed by atoms with E-state index >= 15 is 0 Å². The fourth-order valence-electron chi connectivity index (χ4n) is 2.60. The minimum Gasteiger partial charge on any atom is -0.276 e. The van der Waals surface area contributed by atoms with E-state index in [-0.39, 0.29) is 0 Å². The number of barbiturate groups is 1. The van der Waals surface area contributed by atoms with Crippen molar-refractivity contribution in [3.8, 4) is 0 Å². The van der Waals surface area contributed by atoms with Gasteiger partial charge in [0.2, 0.25) is 5.91 Å². The van der Waals surface area contributed by atoms with Crippen molar-refractivity contribution >= 4 is 35.7 Å². The summed E-state index contributed by atoms with van der Waals surface area (Å²) in [5.41, 5.74) is 4.96. The van der Waals surface area contributed by atoms with E-state index in [4.69, 9.17) is 0 Å². The van der Waals surface area contributed by atoms with Gasteiger partial charge in [-0.3, -0.25) is 19.7 Å². The van der Waals surface area contributed by atoms with Crippen molar-refractivity contribution in [3.63, 3.8) is 0 Å². The quantitative estimate of drug-likeness (QED) is 0.481. The Kier molecular flexibility index (Phi) is 5.30. The number of amides is 5. The van der Waals surface area contributed by atoms with Gasteiger partial charge in [-0.05, 0) is 38.1 Å². The summed E-state index contributed by atoms with van der Waals surface area (Å²) in [4.78, 5) is 49.7. The first-order valence-electron chi connectivity index (χ1n) is 8.52. The third-order valence-corrected chi connectivity index (χ3v) is 4.20. The van der Waals surface area contributed by atoms with E-state index < -0.39 is 29.7 Å². The van der Waals surface area contributed by atoms with E-state index in [1.54, 1.807) is 48.5 Å². The Morgan fingerprint density at radius 1 is 1.00 bits per heavy atom. The van der Waals surface area contributed by atoms with Gasteiger partial charge in [0.05, 0.1) is 5.69 Å². The summed E-state index contributed by atoms with van der Waals surface area (Å²) >= 11 is 0. The lowest BCUT2D eigenvalue weighted by atomic mass is 10.1. The lowest BCUT2D eigenvalue weighted by Crippen LogP contribution is -2.58. The average molecular weight is 378 g/mol. The number of hydrogen-bond acceptors (Lipinski definition) is 5. The highest BCUT2D eigenvalue weighted by Gasteiger charge is 2.40. The standard InChI is InChI=1S/C20H18N4O4/c1-12-3-7-14(8-4-12)17(25)23-21-11-16-18(26)22-20(28)24(19(16)27)15-9-5-13(2)6-10-15/h3-11,16H,1-2H3,(H,23,25)(H,22,26,28)/b21-11-/t16-/m0/s1. The van der Waals surface area contributed by atoms with Crippen molar-refractivity contribution in [1.82, 2.24) is 10.7 Å². The van der Waals surface area contributed by atoms with Crippen LogP contribution >= 0.6 is 0 Å². The molecule has 1 aliphatic rings. The second-order valence-electron chi connectivity index (χ2n) is 6.37. The van der Waals surface area contributed by atoms with Crippen LogP contribution in [0.15, 0.2) is 53.6 Å². The SMILES string of the molecule is Cc1ccc(C(=O)N/N=C\[C@H]2C(=O)NC(=O)N(c3ccc(C)cc3)C2=O)cc1. The van der Waals surface area contributed by atoms with Crippen LogP contribution in [0.2, 0.25) is 0 Å². The molecule has 0 spiro atoms. The van der Waals surface area contributed by atoms with Gasteiger partial charge in [0.15, 0.2) is 5.92 Å². The molecule has 8 heteroatoms. The Balaban J connectivity index is 1.74. The van der Waals surface area contributed by atoms with Crippen LogP contribution in [-0.4, -0.2) is 30.0 Å². The molecule has 2 aromatic carbocycles. The van der Waals surface area contributed by atoms with Crippen molar-refractivity contribution in [2.24, 2.45) is 11.0 Å². The Labute approximate surface area is 161 Å². The third kappa shape index (κ3) is 3.96. The molecule has 0 radical (unpaired) electrons. The summed E-state index contributed by atoms with van der Waals surface area (Å²) in [5, 5.41) is 5.84. The van der Waals surface area contributed by atoms with Crippen molar-refractivity contribution in [1.29, 1.82) is 0 Å². The first-order valence-corrected chi connectivity index (χ1v) is 8.52. The molecule has 3 rings (SSSR count). The molecular formula is C20H18N4O4. The maximum Gasteiger partial charge on any atom is 0.335 e. The molecule has 1 heterocycles. The monoisotopic (exact) mass is 378 g/mol. The van der Waals surface area contributed by atoms with Crippen LogP contribution in [-0.2, 0) is 9.59 Å². The smallest absolute Gasteiger partial charge is 0.276 e. The average Bonchev–Trinajstić information content (AvgIpc) is 2.66. The summed E-state index contributed by atoms with van der Waals surface area (Å²) in [6.07, 6.45) is 1.01. The topological polar surface area (TPSA) is 108 Å². The van der Waals surface area contributed by atoms with E-state index in [1.807, 2.05) is 13.8 Å². The van der Waals surface area contributed by atoms with Crippen LogP contribution in [0.3, 0.4) is 0 Å². The van der Waals surface area contributed by atoms with Crippen LogP contribution in [0.5, 0.6) is 0 Å². The van der Waals surface area contributed by atoms with Crippen LogP contribution in [0.25, 0.3) is 0 Å². The molecular weight excluding hydrogens is 360 g/mol. The Hall–Kier alpha value is -3.81. The van der Waals surface area contributed by atoms with Crippen molar-refractivity contribution in [2.75, 3.05) is 4.90 Å². The van der Waals surface area contributed by atoms with E-state index in [0.717, 1.165) is 22.2 Å². The molecule has 142 valence electrons. The predicted octanol–water partition coefficient (Wildman–Crippen LogP) is 1.92. The van der Waals surface area contributed by atoms with Gasteiger partial charge in [-0.2, -0.15) is 5.10 Å². The molecule has 1 atom stereocenters. The van der Waals surface area contributed by atoms with E-state index in [2.05, 4.69) is 15.8 Å². The summed E-state index contributed by atoms with van der Waals surface area (Å²) in [7, 11) is 0. The highest BCUT2D eigenvalue weighted by Crippen LogP contribution is 2.20. The number of rotatable bonds is 4. The van der Waals surface area contributed by atoms with Crippen LogP contribution in [0.4, 0.5) is 10.5 Å². The Morgan fingerprint density at radius 3 is 2.18 bits per heavy atom. The van der Waals surface area contributed by atoms with Gasteiger partial charge in [-0.15, -0.1) is 0 Å². The van der Waals surface area contributed by atoms with Gasteiger partial charge in [-0.1, -0.05) is 35.4 Å². The molecule has 2 N–H and O–H groups in total. The summed E-state index contributed by atoms with van der Waals surface area (Å²) in [6.45, 7) is 3.77. The molecule has 5 amide bonds. The number of nitrogens with zero attached hydrogens (tertiary/aromatic N) is 2. The van der Waals surface area contributed by atoms with Gasteiger partial charge >= 0.3 is 6.03 Å². The van der Waals surface area contributed by atoms with E-state index in [1.165, 1.54) is 0 Å². The fraction of sp³-hybridized carbons (Fsp3) is 0.150. The molecule has 28 heavy (non-hydrogen) atoms. The highest BCUT2D eigenvalue weighted by molar-refractivity contribution is 6.32. The maximum absolute atomic E-state index is 12.7. The van der Waals surface area contributed by atoms with Crippen LogP contribution in [0, 0.1) is 19.8 Å². The number of aryl methyl sites for hydroxylation is 2. The fourth-order valence-corrected chi connectivity index (χ4v) is 2.60. The van der Waals surface area contributed by atoms with Crippen LogP contribution < -0.4 is 15.6 Å². The number of nitrogens with one attached hydrogen (secondary N) is 2. The number of benzene rings is 2. The van der Waals surface area contributed by atoms with Gasteiger partial charge in [0.1, 0.15) is 0 Å². The number of urea groups is 1. The molecule has 1 fully saturated rings. The number of carbonyl (C=O) groups excluding carboxylic acids is 4. The minimum atomic E-state index is -1.34. The second-order valence-corrected chi connectivity index (χ2v) is 6.37. The van der Waals surface area contributed by atoms with E-state index in [9.17, 15) is 19.2 Å². The molecule has 0 aromatic heterocycles. The summed E-state index contributed by atoms with van der Waals surface area (Å²) in [6, 6.07) is 12.7. The maximum atomic E-state index is 12.7. The van der Waals surface area contributed by atoms with Crippen molar-refractivity contribution in [2.45, 2.75) is 13.8 Å². The molecule has 1 aliphatic heterocycles. The first kappa shape index (κ1) is 19.0. The lowest BCUT2D eigenvalue weighted by molar-refractivity contribution is -0.131.